The second-order valence-electron chi connectivity index (χ2n) is 9.31. The maximum atomic E-state index is 13.1. The van der Waals surface area contributed by atoms with Crippen LogP contribution in [-0.4, -0.2) is 15.5 Å². The fourth-order valence-electron chi connectivity index (χ4n) is 3.83. The van der Waals surface area contributed by atoms with E-state index in [1.807, 2.05) is 36.4 Å². The molecular formula is C31H35ClN2O3RuS. The van der Waals surface area contributed by atoms with Gasteiger partial charge in [0.1, 0.15) is 5.75 Å². The smallest absolute Gasteiger partial charge is 0.242 e. The van der Waals surface area contributed by atoms with E-state index < -0.39 is 21.1 Å². The molecule has 4 aromatic carbocycles. The average Bonchev–Trinajstić information content (AvgIpc) is 2.94. The summed E-state index contributed by atoms with van der Waals surface area (Å²) in [5, 5.41) is 0. The molecule has 0 aliphatic carbocycles. The molecule has 4 rings (SSSR count). The zero-order valence-electron chi connectivity index (χ0n) is 22.5. The first-order chi connectivity index (χ1) is 18.1. The monoisotopic (exact) mass is 652 g/mol. The van der Waals surface area contributed by atoms with E-state index in [0.717, 1.165) is 0 Å². The van der Waals surface area contributed by atoms with Gasteiger partial charge < -0.3 is 10.5 Å². The number of aryl methyl sites for hydroxylation is 1. The van der Waals surface area contributed by atoms with Crippen LogP contribution in [0.4, 0.5) is 0 Å². The van der Waals surface area contributed by atoms with Crippen LogP contribution in [0.2, 0.25) is 0 Å². The van der Waals surface area contributed by atoms with Crippen molar-refractivity contribution in [3.05, 3.63) is 131 Å². The van der Waals surface area contributed by atoms with Crippen LogP contribution in [0.1, 0.15) is 48.1 Å². The van der Waals surface area contributed by atoms with Gasteiger partial charge in [0.2, 0.25) is 10.0 Å². The summed E-state index contributed by atoms with van der Waals surface area (Å²) in [5.41, 5.74) is 10.5. The summed E-state index contributed by atoms with van der Waals surface area (Å²) in [5.74, 6) is 1.21. The molecule has 0 aromatic heterocycles. The van der Waals surface area contributed by atoms with E-state index in [9.17, 15) is 8.42 Å². The molecule has 0 heterocycles. The Morgan fingerprint density at radius 3 is 1.79 bits per heavy atom. The number of sulfonamides is 1. The molecule has 0 radical (unpaired) electrons. The van der Waals surface area contributed by atoms with Gasteiger partial charge in [-0.2, -0.15) is 4.72 Å². The first-order valence-corrected chi connectivity index (χ1v) is 14.2. The standard InChI is InChI=1S/C21H21ClN2O3S.C10H14.Ru/c1-27-18-12-14-19(15-13-18)28(25,26)24-21(22,17-10-6-3-7-11-17)20(23)16-8-4-2-5-9-16;1-8(2)10-6-4-9(3)5-7-10;/h2-15,20,24H,23H2,1H3;4-8H,1-3H3;/t20-,21-;;/m1../s1. The van der Waals surface area contributed by atoms with Crippen LogP contribution in [-0.2, 0) is 34.5 Å². The van der Waals surface area contributed by atoms with Crippen LogP contribution in [0.5, 0.6) is 5.75 Å². The van der Waals surface area contributed by atoms with Gasteiger partial charge in [-0.3, -0.25) is 0 Å². The average molecular weight is 652 g/mol. The first kappa shape index (κ1) is 32.7. The molecule has 2 atom stereocenters. The van der Waals surface area contributed by atoms with Gasteiger partial charge in [0.25, 0.3) is 0 Å². The van der Waals surface area contributed by atoms with Crippen molar-refractivity contribution in [2.75, 3.05) is 7.11 Å². The number of nitrogens with one attached hydrogen (secondary N) is 1. The van der Waals surface area contributed by atoms with E-state index >= 15 is 0 Å². The van der Waals surface area contributed by atoms with E-state index in [4.69, 9.17) is 22.1 Å². The van der Waals surface area contributed by atoms with Gasteiger partial charge in [0, 0.05) is 19.5 Å². The summed E-state index contributed by atoms with van der Waals surface area (Å²) in [7, 11) is -2.45. The van der Waals surface area contributed by atoms with Crippen molar-refractivity contribution in [1.29, 1.82) is 0 Å². The third-order valence-corrected chi connectivity index (χ3v) is 8.32. The van der Waals surface area contributed by atoms with Crippen molar-refractivity contribution in [2.24, 2.45) is 5.73 Å². The fourth-order valence-corrected chi connectivity index (χ4v) is 5.64. The molecule has 0 saturated heterocycles. The van der Waals surface area contributed by atoms with Gasteiger partial charge in [0.05, 0.1) is 18.0 Å². The summed E-state index contributed by atoms with van der Waals surface area (Å²) in [6, 6.07) is 32.0. The molecule has 0 amide bonds. The Bertz CT molecular complexity index is 1390. The zero-order valence-corrected chi connectivity index (χ0v) is 25.8. The van der Waals surface area contributed by atoms with Crippen LogP contribution >= 0.6 is 11.6 Å². The summed E-state index contributed by atoms with van der Waals surface area (Å²) < 4.78 is 33.8. The minimum atomic E-state index is -3.96. The van der Waals surface area contributed by atoms with E-state index in [0.29, 0.717) is 22.8 Å². The maximum Gasteiger partial charge on any atom is 0.242 e. The van der Waals surface area contributed by atoms with Crippen molar-refractivity contribution in [3.63, 3.8) is 0 Å². The second kappa shape index (κ2) is 14.7. The Hall–Kier alpha value is -2.54. The Morgan fingerprint density at radius 2 is 1.31 bits per heavy atom. The quantitative estimate of drug-likeness (QED) is 0.124. The van der Waals surface area contributed by atoms with Gasteiger partial charge in [-0.05, 0) is 53.8 Å². The van der Waals surface area contributed by atoms with Crippen molar-refractivity contribution >= 4 is 21.6 Å². The van der Waals surface area contributed by atoms with Gasteiger partial charge in [-0.25, -0.2) is 8.42 Å². The molecule has 0 unspecified atom stereocenters. The largest absolute Gasteiger partial charge is 0.497 e. The number of hydrogen-bond donors (Lipinski definition) is 2. The van der Waals surface area contributed by atoms with E-state index in [1.54, 1.807) is 36.4 Å². The Morgan fingerprint density at radius 1 is 0.795 bits per heavy atom. The second-order valence-corrected chi connectivity index (χ2v) is 11.6. The third-order valence-electron chi connectivity index (χ3n) is 6.18. The SMILES string of the molecule is COc1ccc(S(=O)(=O)N[C@](Cl)(c2ccccc2)[C@H](N)c2ccccc2)cc1.Cc1ccc(C(C)C)cc1.[Ru]. The van der Waals surface area contributed by atoms with Crippen molar-refractivity contribution in [3.8, 4) is 5.75 Å². The van der Waals surface area contributed by atoms with Crippen LogP contribution in [0.3, 0.4) is 0 Å². The molecule has 0 aliphatic heterocycles. The predicted octanol–water partition coefficient (Wildman–Crippen LogP) is 6.88. The number of ether oxygens (including phenoxy) is 1. The van der Waals surface area contributed by atoms with Gasteiger partial charge in [-0.1, -0.05) is 116 Å². The molecule has 39 heavy (non-hydrogen) atoms. The molecule has 0 spiro atoms. The zero-order chi connectivity index (χ0) is 27.8. The molecule has 5 nitrogen and oxygen atoms in total. The molecule has 208 valence electrons. The molecule has 8 heteroatoms. The first-order valence-electron chi connectivity index (χ1n) is 12.4. The van der Waals surface area contributed by atoms with Crippen LogP contribution in [0, 0.1) is 6.92 Å². The molecule has 3 N–H and O–H groups in total. The van der Waals surface area contributed by atoms with E-state index in [1.165, 1.54) is 30.4 Å². The maximum absolute atomic E-state index is 13.1. The minimum absolute atomic E-state index is 0. The number of methoxy groups -OCH3 is 1. The normalized spacial score (nSPS) is 13.3. The molecule has 0 fully saturated rings. The predicted molar refractivity (Wildman–Crippen MR) is 156 cm³/mol. The topological polar surface area (TPSA) is 81.4 Å². The Labute approximate surface area is 250 Å². The molecule has 0 bridgehead atoms. The molecular weight excluding hydrogens is 617 g/mol. The number of halogens is 1. The van der Waals surface area contributed by atoms with Gasteiger partial charge >= 0.3 is 0 Å². The molecule has 4 aromatic rings. The van der Waals surface area contributed by atoms with Crippen molar-refractivity contribution in [2.45, 2.75) is 42.6 Å². The Balaban J connectivity index is 0.000000410. The number of alkyl halides is 1. The summed E-state index contributed by atoms with van der Waals surface area (Å²) in [4.78, 5) is -1.52. The third kappa shape index (κ3) is 8.73. The van der Waals surface area contributed by atoms with E-state index in [2.05, 4.69) is 49.8 Å². The van der Waals surface area contributed by atoms with Crippen LogP contribution < -0.4 is 15.2 Å². The van der Waals surface area contributed by atoms with Crippen molar-refractivity contribution in [1.82, 2.24) is 4.72 Å². The minimum Gasteiger partial charge on any atom is -0.497 e. The number of hydrogen-bond acceptors (Lipinski definition) is 4. The summed E-state index contributed by atoms with van der Waals surface area (Å²) >= 11 is 6.90. The summed E-state index contributed by atoms with van der Waals surface area (Å²) in [6.07, 6.45) is 0. The van der Waals surface area contributed by atoms with Crippen LogP contribution in [0.15, 0.2) is 114 Å². The number of nitrogens with two attached hydrogens (primary N) is 1. The Kier molecular flexibility index (Phi) is 12.3. The molecule has 0 aliphatic rings. The van der Waals surface area contributed by atoms with Gasteiger partial charge in [-0.15, -0.1) is 0 Å². The van der Waals surface area contributed by atoms with Crippen LogP contribution in [0.25, 0.3) is 0 Å². The van der Waals surface area contributed by atoms with E-state index in [-0.39, 0.29) is 24.4 Å². The number of benzene rings is 4. The number of rotatable bonds is 8. The summed E-state index contributed by atoms with van der Waals surface area (Å²) in [6.45, 7) is 6.54. The van der Waals surface area contributed by atoms with Gasteiger partial charge in [0.15, 0.2) is 5.00 Å². The molecule has 0 saturated carbocycles. The fraction of sp³-hybridized carbons (Fsp3) is 0.226. The van der Waals surface area contributed by atoms with Crippen molar-refractivity contribution < 1.29 is 32.6 Å².